The molecule has 2 amide bonds. The summed E-state index contributed by atoms with van der Waals surface area (Å²) in [6.07, 6.45) is 4.05. The van der Waals surface area contributed by atoms with E-state index in [-0.39, 0.29) is 24.8 Å². The van der Waals surface area contributed by atoms with Gasteiger partial charge in [0.15, 0.2) is 0 Å². The standard InChI is InChI=1S/C11H20N2O3/c1-9(15)12-7-4-10(16)13-11(8-14)5-2-3-6-11/h14H,2-8H2,1H3,(H,12,15)(H,13,16). The third kappa shape index (κ3) is 3.81. The molecule has 0 aromatic heterocycles. The quantitative estimate of drug-likeness (QED) is 0.616. The molecular formula is C11H20N2O3. The fourth-order valence-electron chi connectivity index (χ4n) is 2.08. The van der Waals surface area contributed by atoms with Gasteiger partial charge in [-0.25, -0.2) is 0 Å². The monoisotopic (exact) mass is 228 g/mol. The predicted octanol–water partition coefficient (Wildman–Crippen LogP) is -0.0661. The van der Waals surface area contributed by atoms with Crippen LogP contribution >= 0.6 is 0 Å². The maximum atomic E-state index is 11.6. The first-order chi connectivity index (χ1) is 7.58. The van der Waals surface area contributed by atoms with Gasteiger partial charge in [0, 0.05) is 19.9 Å². The van der Waals surface area contributed by atoms with Crippen molar-refractivity contribution >= 4 is 11.8 Å². The molecule has 0 heterocycles. The van der Waals surface area contributed by atoms with Gasteiger partial charge in [-0.15, -0.1) is 0 Å². The number of carbonyl (C=O) groups excluding carboxylic acids is 2. The van der Waals surface area contributed by atoms with Crippen LogP contribution in [0, 0.1) is 0 Å². The molecule has 1 saturated carbocycles. The number of hydrogen-bond acceptors (Lipinski definition) is 3. The van der Waals surface area contributed by atoms with E-state index in [2.05, 4.69) is 10.6 Å². The maximum absolute atomic E-state index is 11.6. The summed E-state index contributed by atoms with van der Waals surface area (Å²) >= 11 is 0. The Balaban J connectivity index is 2.29. The highest BCUT2D eigenvalue weighted by atomic mass is 16.3. The van der Waals surface area contributed by atoms with Crippen LogP contribution in [-0.2, 0) is 9.59 Å². The van der Waals surface area contributed by atoms with Crippen molar-refractivity contribution < 1.29 is 14.7 Å². The second-order valence-corrected chi connectivity index (χ2v) is 4.43. The molecule has 5 nitrogen and oxygen atoms in total. The fourth-order valence-corrected chi connectivity index (χ4v) is 2.08. The Morgan fingerprint density at radius 2 is 1.94 bits per heavy atom. The van der Waals surface area contributed by atoms with Crippen LogP contribution in [-0.4, -0.2) is 35.6 Å². The summed E-state index contributed by atoms with van der Waals surface area (Å²) in [5.74, 6) is -0.241. The topological polar surface area (TPSA) is 78.4 Å². The molecule has 16 heavy (non-hydrogen) atoms. The van der Waals surface area contributed by atoms with Crippen molar-refractivity contribution in [2.75, 3.05) is 13.2 Å². The lowest BCUT2D eigenvalue weighted by Crippen LogP contribution is -2.49. The van der Waals surface area contributed by atoms with Crippen LogP contribution in [0.4, 0.5) is 0 Å². The third-order valence-electron chi connectivity index (χ3n) is 2.99. The highest BCUT2D eigenvalue weighted by Crippen LogP contribution is 2.28. The van der Waals surface area contributed by atoms with Crippen LogP contribution in [0.5, 0.6) is 0 Å². The van der Waals surface area contributed by atoms with Crippen molar-refractivity contribution in [1.82, 2.24) is 10.6 Å². The Morgan fingerprint density at radius 3 is 2.44 bits per heavy atom. The summed E-state index contributed by atoms with van der Waals surface area (Å²) in [7, 11) is 0. The molecule has 0 atom stereocenters. The summed E-state index contributed by atoms with van der Waals surface area (Å²) in [5.41, 5.74) is -0.409. The van der Waals surface area contributed by atoms with Gasteiger partial charge in [0.2, 0.25) is 11.8 Å². The Bertz CT molecular complexity index is 260. The molecule has 1 rings (SSSR count). The van der Waals surface area contributed by atoms with Gasteiger partial charge in [-0.2, -0.15) is 0 Å². The van der Waals surface area contributed by atoms with E-state index in [0.717, 1.165) is 25.7 Å². The Labute approximate surface area is 95.6 Å². The number of hydrogen-bond donors (Lipinski definition) is 3. The molecular weight excluding hydrogens is 208 g/mol. The van der Waals surface area contributed by atoms with E-state index in [1.807, 2.05) is 0 Å². The molecule has 1 fully saturated rings. The normalized spacial score (nSPS) is 18.1. The number of rotatable bonds is 5. The third-order valence-corrected chi connectivity index (χ3v) is 2.99. The smallest absolute Gasteiger partial charge is 0.222 e. The highest BCUT2D eigenvalue weighted by molar-refractivity contribution is 5.78. The van der Waals surface area contributed by atoms with Gasteiger partial charge >= 0.3 is 0 Å². The minimum Gasteiger partial charge on any atom is -0.394 e. The van der Waals surface area contributed by atoms with Crippen molar-refractivity contribution in [1.29, 1.82) is 0 Å². The minimum atomic E-state index is -0.409. The molecule has 1 aliphatic rings. The van der Waals surface area contributed by atoms with Crippen LogP contribution < -0.4 is 10.6 Å². The van der Waals surface area contributed by atoms with Crippen LogP contribution in [0.1, 0.15) is 39.0 Å². The van der Waals surface area contributed by atoms with E-state index < -0.39 is 5.54 Å². The van der Waals surface area contributed by atoms with E-state index in [0.29, 0.717) is 6.54 Å². The van der Waals surface area contributed by atoms with Crippen molar-refractivity contribution in [3.05, 3.63) is 0 Å². The number of amides is 2. The SMILES string of the molecule is CC(=O)NCCC(=O)NC1(CO)CCCC1. The van der Waals surface area contributed by atoms with Crippen LogP contribution in [0.25, 0.3) is 0 Å². The molecule has 1 aliphatic carbocycles. The first kappa shape index (κ1) is 13.0. The second kappa shape index (κ2) is 5.84. The average molecular weight is 228 g/mol. The van der Waals surface area contributed by atoms with E-state index in [9.17, 15) is 14.7 Å². The summed E-state index contributed by atoms with van der Waals surface area (Å²) in [6, 6.07) is 0. The van der Waals surface area contributed by atoms with Crippen LogP contribution in [0.15, 0.2) is 0 Å². The lowest BCUT2D eigenvalue weighted by atomic mass is 9.99. The highest BCUT2D eigenvalue weighted by Gasteiger charge is 2.34. The number of aliphatic hydroxyl groups is 1. The van der Waals surface area contributed by atoms with Gasteiger partial charge in [0.1, 0.15) is 0 Å². The molecule has 0 spiro atoms. The lowest BCUT2D eigenvalue weighted by Gasteiger charge is -2.27. The first-order valence-corrected chi connectivity index (χ1v) is 5.74. The zero-order valence-electron chi connectivity index (χ0n) is 9.71. The van der Waals surface area contributed by atoms with Crippen molar-refractivity contribution in [3.8, 4) is 0 Å². The van der Waals surface area contributed by atoms with Crippen molar-refractivity contribution in [2.24, 2.45) is 0 Å². The molecule has 0 unspecified atom stereocenters. The lowest BCUT2D eigenvalue weighted by molar-refractivity contribution is -0.123. The summed E-state index contributed by atoms with van der Waals surface area (Å²) in [6.45, 7) is 1.77. The van der Waals surface area contributed by atoms with Gasteiger partial charge in [0.05, 0.1) is 12.1 Å². The Morgan fingerprint density at radius 1 is 1.31 bits per heavy atom. The fraction of sp³-hybridized carbons (Fsp3) is 0.818. The van der Waals surface area contributed by atoms with E-state index in [1.54, 1.807) is 0 Å². The summed E-state index contributed by atoms with van der Waals surface area (Å²) in [4.78, 5) is 22.2. The molecule has 0 aromatic carbocycles. The second-order valence-electron chi connectivity index (χ2n) is 4.43. The Hall–Kier alpha value is -1.10. The average Bonchev–Trinajstić information content (AvgIpc) is 2.66. The molecule has 3 N–H and O–H groups in total. The largest absolute Gasteiger partial charge is 0.394 e. The summed E-state index contributed by atoms with van der Waals surface area (Å²) in [5, 5.41) is 14.7. The number of carbonyl (C=O) groups is 2. The summed E-state index contributed by atoms with van der Waals surface area (Å²) < 4.78 is 0. The van der Waals surface area contributed by atoms with Crippen LogP contribution in [0.3, 0.4) is 0 Å². The predicted molar refractivity (Wildman–Crippen MR) is 59.7 cm³/mol. The molecule has 0 aromatic rings. The molecule has 0 bridgehead atoms. The number of aliphatic hydroxyl groups excluding tert-OH is 1. The Kier molecular flexibility index (Phi) is 4.73. The van der Waals surface area contributed by atoms with Crippen LogP contribution in [0.2, 0.25) is 0 Å². The van der Waals surface area contributed by atoms with Gasteiger partial charge in [0.25, 0.3) is 0 Å². The van der Waals surface area contributed by atoms with Crippen molar-refractivity contribution in [2.45, 2.75) is 44.6 Å². The zero-order valence-corrected chi connectivity index (χ0v) is 9.71. The maximum Gasteiger partial charge on any atom is 0.222 e. The van der Waals surface area contributed by atoms with Gasteiger partial charge in [-0.1, -0.05) is 12.8 Å². The molecule has 0 saturated heterocycles. The number of nitrogens with one attached hydrogen (secondary N) is 2. The van der Waals surface area contributed by atoms with Crippen molar-refractivity contribution in [3.63, 3.8) is 0 Å². The minimum absolute atomic E-state index is 0.00111. The molecule has 0 aliphatic heterocycles. The van der Waals surface area contributed by atoms with E-state index >= 15 is 0 Å². The van der Waals surface area contributed by atoms with E-state index in [4.69, 9.17) is 0 Å². The van der Waals surface area contributed by atoms with Gasteiger partial charge in [-0.3, -0.25) is 9.59 Å². The molecule has 5 heteroatoms. The zero-order chi connectivity index (χ0) is 12.0. The van der Waals surface area contributed by atoms with E-state index in [1.165, 1.54) is 6.92 Å². The molecule has 92 valence electrons. The molecule has 0 radical (unpaired) electrons. The van der Waals surface area contributed by atoms with Gasteiger partial charge < -0.3 is 15.7 Å². The van der Waals surface area contributed by atoms with Gasteiger partial charge in [-0.05, 0) is 12.8 Å². The first-order valence-electron chi connectivity index (χ1n) is 5.74.